The van der Waals surface area contributed by atoms with E-state index in [4.69, 9.17) is 5.73 Å². The van der Waals surface area contributed by atoms with E-state index in [0.29, 0.717) is 25.8 Å². The van der Waals surface area contributed by atoms with Crippen molar-refractivity contribution in [2.24, 2.45) is 5.73 Å². The van der Waals surface area contributed by atoms with Crippen LogP contribution in [0.1, 0.15) is 32.1 Å². The van der Waals surface area contributed by atoms with Crippen molar-refractivity contribution in [1.29, 1.82) is 0 Å². The Kier molecular flexibility index (Phi) is 5.21. The summed E-state index contributed by atoms with van der Waals surface area (Å²) in [7, 11) is -2.84. The van der Waals surface area contributed by atoms with E-state index >= 15 is 0 Å². The molecule has 0 aliphatic carbocycles. The van der Waals surface area contributed by atoms with Gasteiger partial charge in [0.2, 0.25) is 5.91 Å². The van der Waals surface area contributed by atoms with E-state index in [1.54, 1.807) is 0 Å². The molecule has 1 rings (SSSR count). The summed E-state index contributed by atoms with van der Waals surface area (Å²) in [6.07, 6.45) is 3.23. The molecule has 1 aliphatic rings. The zero-order chi connectivity index (χ0) is 12.0. The third kappa shape index (κ3) is 4.94. The first-order valence-corrected chi connectivity index (χ1v) is 7.55. The van der Waals surface area contributed by atoms with Gasteiger partial charge in [-0.3, -0.25) is 4.79 Å². The van der Waals surface area contributed by atoms with Crippen molar-refractivity contribution in [3.63, 3.8) is 0 Å². The largest absolute Gasteiger partial charge is 0.353 e. The molecule has 5 nitrogen and oxygen atoms in total. The second-order valence-electron chi connectivity index (χ2n) is 4.24. The highest BCUT2D eigenvalue weighted by atomic mass is 32.2. The Morgan fingerprint density at radius 3 is 2.44 bits per heavy atom. The van der Waals surface area contributed by atoms with Crippen LogP contribution >= 0.6 is 0 Å². The summed E-state index contributed by atoms with van der Waals surface area (Å²) in [6, 6.07) is 0.0360. The molecule has 1 aliphatic heterocycles. The van der Waals surface area contributed by atoms with Crippen molar-refractivity contribution in [2.75, 3.05) is 18.1 Å². The molecule has 1 saturated heterocycles. The van der Waals surface area contributed by atoms with Gasteiger partial charge in [-0.1, -0.05) is 0 Å². The average Bonchev–Trinajstić information content (AvgIpc) is 2.22. The smallest absolute Gasteiger partial charge is 0.220 e. The van der Waals surface area contributed by atoms with E-state index in [9.17, 15) is 13.2 Å². The summed E-state index contributed by atoms with van der Waals surface area (Å²) in [6.45, 7) is 0.606. The lowest BCUT2D eigenvalue weighted by Crippen LogP contribution is -2.40. The van der Waals surface area contributed by atoms with Gasteiger partial charge in [-0.05, 0) is 32.2 Å². The molecule has 0 aromatic carbocycles. The Balaban J connectivity index is 2.20. The fourth-order valence-electron chi connectivity index (χ4n) is 1.76. The van der Waals surface area contributed by atoms with Gasteiger partial charge in [-0.25, -0.2) is 8.42 Å². The van der Waals surface area contributed by atoms with E-state index in [-0.39, 0.29) is 23.5 Å². The van der Waals surface area contributed by atoms with Gasteiger partial charge in [0.15, 0.2) is 0 Å². The van der Waals surface area contributed by atoms with E-state index < -0.39 is 9.84 Å². The van der Waals surface area contributed by atoms with E-state index in [0.717, 1.165) is 12.8 Å². The molecule has 0 atom stereocenters. The highest BCUT2D eigenvalue weighted by molar-refractivity contribution is 7.91. The van der Waals surface area contributed by atoms with Gasteiger partial charge in [0.25, 0.3) is 0 Å². The molecular formula is C10H20N2O3S. The molecule has 0 unspecified atom stereocenters. The first-order valence-electron chi connectivity index (χ1n) is 5.73. The standard InChI is InChI=1S/C10H20N2O3S/c11-6-2-1-3-10(13)12-9-4-7-16(14,15)8-5-9/h9H,1-8,11H2,(H,12,13). The normalized spacial score (nSPS) is 20.6. The number of nitrogens with two attached hydrogens (primary N) is 1. The molecule has 0 radical (unpaired) electrons. The molecule has 16 heavy (non-hydrogen) atoms. The minimum atomic E-state index is -2.84. The first kappa shape index (κ1) is 13.4. The maximum absolute atomic E-state index is 11.4. The van der Waals surface area contributed by atoms with Gasteiger partial charge >= 0.3 is 0 Å². The molecular weight excluding hydrogens is 228 g/mol. The van der Waals surface area contributed by atoms with E-state index in [2.05, 4.69) is 5.32 Å². The molecule has 0 aromatic heterocycles. The third-order valence-corrected chi connectivity index (χ3v) is 4.49. The molecule has 0 aromatic rings. The quantitative estimate of drug-likeness (QED) is 0.660. The Bertz CT molecular complexity index is 313. The van der Waals surface area contributed by atoms with Crippen molar-refractivity contribution >= 4 is 15.7 Å². The molecule has 1 heterocycles. The van der Waals surface area contributed by atoms with Crippen LogP contribution in [-0.4, -0.2) is 38.4 Å². The topological polar surface area (TPSA) is 89.3 Å². The minimum Gasteiger partial charge on any atom is -0.353 e. The molecule has 0 spiro atoms. The van der Waals surface area contributed by atoms with Crippen LogP contribution in [0.2, 0.25) is 0 Å². The zero-order valence-electron chi connectivity index (χ0n) is 9.44. The van der Waals surface area contributed by atoms with Gasteiger partial charge in [0, 0.05) is 12.5 Å². The Labute approximate surface area is 96.7 Å². The van der Waals surface area contributed by atoms with E-state index in [1.807, 2.05) is 0 Å². The van der Waals surface area contributed by atoms with Crippen molar-refractivity contribution in [3.05, 3.63) is 0 Å². The molecule has 94 valence electrons. The third-order valence-electron chi connectivity index (χ3n) is 2.78. The van der Waals surface area contributed by atoms with Gasteiger partial charge in [-0.2, -0.15) is 0 Å². The van der Waals surface area contributed by atoms with Gasteiger partial charge in [0.05, 0.1) is 11.5 Å². The summed E-state index contributed by atoms with van der Waals surface area (Å²) in [4.78, 5) is 11.4. The lowest BCUT2D eigenvalue weighted by Gasteiger charge is -2.22. The summed E-state index contributed by atoms with van der Waals surface area (Å²) in [5.41, 5.74) is 5.33. The number of unbranched alkanes of at least 4 members (excludes halogenated alkanes) is 1. The summed E-state index contributed by atoms with van der Waals surface area (Å²) < 4.78 is 22.3. The fraction of sp³-hybridized carbons (Fsp3) is 0.900. The lowest BCUT2D eigenvalue weighted by molar-refractivity contribution is -0.121. The lowest BCUT2D eigenvalue weighted by atomic mass is 10.1. The van der Waals surface area contributed by atoms with Crippen molar-refractivity contribution in [2.45, 2.75) is 38.1 Å². The molecule has 0 saturated carbocycles. The van der Waals surface area contributed by atoms with Gasteiger partial charge in [0.1, 0.15) is 9.84 Å². The Hall–Kier alpha value is -0.620. The van der Waals surface area contributed by atoms with Crippen molar-refractivity contribution in [1.82, 2.24) is 5.32 Å². The zero-order valence-corrected chi connectivity index (χ0v) is 10.3. The molecule has 0 bridgehead atoms. The number of carbonyl (C=O) groups is 1. The highest BCUT2D eigenvalue weighted by Gasteiger charge is 2.24. The predicted octanol–water partition coefficient (Wildman–Crippen LogP) is -0.191. The minimum absolute atomic E-state index is 0.0118. The first-order chi connectivity index (χ1) is 7.53. The van der Waals surface area contributed by atoms with Crippen molar-refractivity contribution < 1.29 is 13.2 Å². The molecule has 6 heteroatoms. The van der Waals surface area contributed by atoms with Crippen LogP contribution in [-0.2, 0) is 14.6 Å². The number of hydrogen-bond donors (Lipinski definition) is 2. The number of carbonyl (C=O) groups excluding carboxylic acids is 1. The van der Waals surface area contributed by atoms with Gasteiger partial charge < -0.3 is 11.1 Å². The maximum Gasteiger partial charge on any atom is 0.220 e. The number of sulfone groups is 1. The van der Waals surface area contributed by atoms with Crippen molar-refractivity contribution in [3.8, 4) is 0 Å². The van der Waals surface area contributed by atoms with Crippen LogP contribution in [0, 0.1) is 0 Å². The average molecular weight is 248 g/mol. The predicted molar refractivity (Wildman–Crippen MR) is 62.7 cm³/mol. The van der Waals surface area contributed by atoms with E-state index in [1.165, 1.54) is 0 Å². The number of rotatable bonds is 5. The van der Waals surface area contributed by atoms with Crippen LogP contribution in [0.25, 0.3) is 0 Å². The van der Waals surface area contributed by atoms with Gasteiger partial charge in [-0.15, -0.1) is 0 Å². The monoisotopic (exact) mass is 248 g/mol. The molecule has 1 amide bonds. The van der Waals surface area contributed by atoms with Crippen LogP contribution in [0.5, 0.6) is 0 Å². The van der Waals surface area contributed by atoms with Crippen LogP contribution in [0.3, 0.4) is 0 Å². The Morgan fingerprint density at radius 2 is 1.88 bits per heavy atom. The second kappa shape index (κ2) is 6.20. The summed E-state index contributed by atoms with van der Waals surface area (Å²) in [5.74, 6) is 0.402. The molecule has 1 fully saturated rings. The molecule has 3 N–H and O–H groups in total. The Morgan fingerprint density at radius 1 is 1.25 bits per heavy atom. The van der Waals surface area contributed by atoms with Crippen LogP contribution in [0.4, 0.5) is 0 Å². The number of nitrogens with one attached hydrogen (secondary N) is 1. The van der Waals surface area contributed by atoms with Crippen LogP contribution < -0.4 is 11.1 Å². The number of amides is 1. The summed E-state index contributed by atoms with van der Waals surface area (Å²) in [5, 5.41) is 2.87. The number of hydrogen-bond acceptors (Lipinski definition) is 4. The fourth-order valence-corrected chi connectivity index (χ4v) is 3.26. The maximum atomic E-state index is 11.4. The van der Waals surface area contributed by atoms with Crippen LogP contribution in [0.15, 0.2) is 0 Å². The second-order valence-corrected chi connectivity index (χ2v) is 6.54. The summed E-state index contributed by atoms with van der Waals surface area (Å²) >= 11 is 0. The SMILES string of the molecule is NCCCCC(=O)NC1CCS(=O)(=O)CC1. The highest BCUT2D eigenvalue weighted by Crippen LogP contribution is 2.12.